The second-order valence-electron chi connectivity index (χ2n) is 11.2. The minimum absolute atomic E-state index is 0.0996. The third kappa shape index (κ3) is 7.49. The number of aromatic nitrogens is 1. The Labute approximate surface area is 206 Å². The van der Waals surface area contributed by atoms with Crippen molar-refractivity contribution in [1.29, 1.82) is 0 Å². The molecule has 1 heterocycles. The summed E-state index contributed by atoms with van der Waals surface area (Å²) in [6.45, 7) is 16.1. The molecule has 0 aliphatic heterocycles. The van der Waals surface area contributed by atoms with E-state index in [1.165, 1.54) is 5.56 Å². The zero-order valence-electron chi connectivity index (χ0n) is 22.0. The van der Waals surface area contributed by atoms with Crippen LogP contribution in [0.4, 0.5) is 0 Å². The van der Waals surface area contributed by atoms with Crippen LogP contribution >= 0.6 is 0 Å². The van der Waals surface area contributed by atoms with E-state index in [1.54, 1.807) is 0 Å². The maximum absolute atomic E-state index is 10.4. The van der Waals surface area contributed by atoms with Gasteiger partial charge in [0.1, 0.15) is 11.5 Å². The van der Waals surface area contributed by atoms with Crippen molar-refractivity contribution >= 4 is 8.32 Å². The first-order valence-electron chi connectivity index (χ1n) is 12.5. The monoisotopic (exact) mass is 489 g/mol. The normalized spacial score (nSPS) is 20.5. The number of aliphatic hydroxyl groups is 1. The van der Waals surface area contributed by atoms with Crippen LogP contribution in [-0.2, 0) is 20.5 Å². The van der Waals surface area contributed by atoms with Gasteiger partial charge >= 0.3 is 0 Å². The van der Waals surface area contributed by atoms with E-state index in [9.17, 15) is 5.11 Å². The van der Waals surface area contributed by atoms with Crippen LogP contribution in [0.15, 0.2) is 28.7 Å². The Morgan fingerprint density at radius 2 is 1.82 bits per heavy atom. The zero-order valence-corrected chi connectivity index (χ0v) is 23.0. The molecular weight excluding hydrogens is 446 g/mol. The molecule has 1 unspecified atom stereocenters. The van der Waals surface area contributed by atoms with Crippen LogP contribution < -0.4 is 0 Å². The Bertz CT molecular complexity index is 920. The van der Waals surface area contributed by atoms with Gasteiger partial charge in [-0.2, -0.15) is 0 Å². The average Bonchev–Trinajstić information content (AvgIpc) is 3.15. The Hall–Kier alpha value is -1.51. The molecule has 7 heteroatoms. The summed E-state index contributed by atoms with van der Waals surface area (Å²) >= 11 is 0. The second-order valence-corrected chi connectivity index (χ2v) is 16.0. The van der Waals surface area contributed by atoms with E-state index >= 15 is 0 Å². The Balaban J connectivity index is 1.44. The fraction of sp³-hybridized carbons (Fsp3) is 0.667. The van der Waals surface area contributed by atoms with Gasteiger partial charge < -0.3 is 23.4 Å². The van der Waals surface area contributed by atoms with Gasteiger partial charge in [0.15, 0.2) is 8.32 Å². The topological polar surface area (TPSA) is 74.0 Å². The summed E-state index contributed by atoms with van der Waals surface area (Å²) in [7, 11) is -1.87. The molecule has 6 nitrogen and oxygen atoms in total. The first-order chi connectivity index (χ1) is 15.9. The van der Waals surface area contributed by atoms with Crippen molar-refractivity contribution in [3.8, 4) is 11.5 Å². The maximum Gasteiger partial charge on any atom is 0.226 e. The standard InChI is InChI=1S/C27H43NO5Si/c1-19-10-8-11-21(14-19)26-28-25(20(2)33-26)18-31-24-13-9-12-23(15-24)30-16-22(29)17-32-34(6,7)27(3,4)5/h8,10-11,14,22-24,29H,9,12-13,15-18H2,1-7H3/t22?,23-,24+/m1/s1. The molecule has 1 aromatic carbocycles. The van der Waals surface area contributed by atoms with Crippen LogP contribution in [0.25, 0.3) is 11.5 Å². The smallest absolute Gasteiger partial charge is 0.226 e. The first-order valence-corrected chi connectivity index (χ1v) is 15.4. The van der Waals surface area contributed by atoms with Gasteiger partial charge in [-0.15, -0.1) is 0 Å². The third-order valence-electron chi connectivity index (χ3n) is 7.16. The average molecular weight is 490 g/mol. The van der Waals surface area contributed by atoms with Crippen molar-refractivity contribution in [3.05, 3.63) is 41.3 Å². The summed E-state index contributed by atoms with van der Waals surface area (Å²) in [4.78, 5) is 4.67. The van der Waals surface area contributed by atoms with Crippen molar-refractivity contribution in [1.82, 2.24) is 4.98 Å². The fourth-order valence-corrected chi connectivity index (χ4v) is 4.92. The highest BCUT2D eigenvalue weighted by molar-refractivity contribution is 6.74. The molecule has 1 fully saturated rings. The molecule has 1 aliphatic carbocycles. The van der Waals surface area contributed by atoms with Crippen molar-refractivity contribution < 1.29 is 23.4 Å². The van der Waals surface area contributed by atoms with Crippen molar-refractivity contribution in [2.45, 2.75) is 103 Å². The van der Waals surface area contributed by atoms with Crippen LogP contribution in [0, 0.1) is 13.8 Å². The quantitative estimate of drug-likeness (QED) is 0.401. The SMILES string of the molecule is Cc1cccc(-c2nc(CO[C@H]3CCC[C@@H](OCC(O)CO[Si](C)(C)C(C)(C)C)C3)c(C)o2)c1. The highest BCUT2D eigenvalue weighted by Gasteiger charge is 2.37. The number of aryl methyl sites for hydroxylation is 2. The lowest BCUT2D eigenvalue weighted by molar-refractivity contribution is -0.0756. The molecule has 0 radical (unpaired) electrons. The lowest BCUT2D eigenvalue weighted by Crippen LogP contribution is -2.43. The minimum Gasteiger partial charge on any atom is -0.441 e. The van der Waals surface area contributed by atoms with Gasteiger partial charge in [0, 0.05) is 5.56 Å². The summed E-state index contributed by atoms with van der Waals surface area (Å²) in [5.41, 5.74) is 3.00. The van der Waals surface area contributed by atoms with E-state index in [-0.39, 0.29) is 17.2 Å². The largest absolute Gasteiger partial charge is 0.441 e. The number of rotatable bonds is 10. The number of aliphatic hydroxyl groups excluding tert-OH is 1. The Morgan fingerprint density at radius 3 is 2.50 bits per heavy atom. The molecular formula is C27H43NO5Si. The summed E-state index contributed by atoms with van der Waals surface area (Å²) in [6, 6.07) is 8.16. The van der Waals surface area contributed by atoms with E-state index in [4.69, 9.17) is 18.3 Å². The molecule has 0 amide bonds. The molecule has 2 aromatic rings. The van der Waals surface area contributed by atoms with Crippen molar-refractivity contribution in [2.75, 3.05) is 13.2 Å². The zero-order chi connectivity index (χ0) is 24.9. The first kappa shape index (κ1) is 27.1. The molecule has 0 spiro atoms. The molecule has 190 valence electrons. The van der Waals surface area contributed by atoms with Crippen LogP contribution in [0.2, 0.25) is 18.1 Å². The van der Waals surface area contributed by atoms with E-state index < -0.39 is 14.4 Å². The van der Waals surface area contributed by atoms with Crippen LogP contribution in [0.5, 0.6) is 0 Å². The van der Waals surface area contributed by atoms with Gasteiger partial charge in [0.25, 0.3) is 0 Å². The number of nitrogens with zero attached hydrogens (tertiary/aromatic N) is 1. The van der Waals surface area contributed by atoms with Crippen LogP contribution in [-0.4, -0.2) is 49.9 Å². The van der Waals surface area contributed by atoms with Crippen molar-refractivity contribution in [3.63, 3.8) is 0 Å². The highest BCUT2D eigenvalue weighted by Crippen LogP contribution is 2.36. The third-order valence-corrected chi connectivity index (χ3v) is 11.7. The summed E-state index contributed by atoms with van der Waals surface area (Å²) in [6.07, 6.45) is 3.51. The molecule has 3 rings (SSSR count). The molecule has 0 saturated heterocycles. The second kappa shape index (κ2) is 11.5. The molecule has 1 saturated carbocycles. The summed E-state index contributed by atoms with van der Waals surface area (Å²) in [5.74, 6) is 1.43. The number of hydrogen-bond donors (Lipinski definition) is 1. The van der Waals surface area contributed by atoms with Crippen molar-refractivity contribution in [2.24, 2.45) is 0 Å². The van der Waals surface area contributed by atoms with Gasteiger partial charge in [-0.05, 0) is 69.8 Å². The molecule has 0 bridgehead atoms. The summed E-state index contributed by atoms with van der Waals surface area (Å²) in [5, 5.41) is 10.5. The van der Waals surface area contributed by atoms with E-state index in [2.05, 4.69) is 57.9 Å². The van der Waals surface area contributed by atoms with Gasteiger partial charge in [0.05, 0.1) is 38.1 Å². The van der Waals surface area contributed by atoms with E-state index in [1.807, 2.05) is 19.1 Å². The molecule has 3 atom stereocenters. The molecule has 34 heavy (non-hydrogen) atoms. The van der Waals surface area contributed by atoms with Crippen LogP contribution in [0.1, 0.15) is 63.5 Å². The number of ether oxygens (including phenoxy) is 2. The van der Waals surface area contributed by atoms with Gasteiger partial charge in [-0.3, -0.25) is 0 Å². The fourth-order valence-electron chi connectivity index (χ4n) is 3.88. The number of oxazole rings is 1. The van der Waals surface area contributed by atoms with Gasteiger partial charge in [-0.1, -0.05) is 38.5 Å². The predicted octanol–water partition coefficient (Wildman–Crippen LogP) is 6.19. The lowest BCUT2D eigenvalue weighted by atomic mass is 9.95. The number of hydrogen-bond acceptors (Lipinski definition) is 6. The van der Waals surface area contributed by atoms with Gasteiger partial charge in [0.2, 0.25) is 5.89 Å². The molecule has 1 aromatic heterocycles. The maximum atomic E-state index is 10.4. The molecule has 1 aliphatic rings. The van der Waals surface area contributed by atoms with E-state index in [0.29, 0.717) is 25.7 Å². The highest BCUT2D eigenvalue weighted by atomic mass is 28.4. The summed E-state index contributed by atoms with van der Waals surface area (Å²) < 4.78 is 24.3. The van der Waals surface area contributed by atoms with E-state index in [0.717, 1.165) is 42.7 Å². The molecule has 1 N–H and O–H groups in total. The Morgan fingerprint density at radius 1 is 1.12 bits per heavy atom. The minimum atomic E-state index is -1.87. The van der Waals surface area contributed by atoms with Gasteiger partial charge in [-0.25, -0.2) is 4.98 Å². The van der Waals surface area contributed by atoms with Crippen LogP contribution in [0.3, 0.4) is 0 Å². The predicted molar refractivity (Wildman–Crippen MR) is 137 cm³/mol. The lowest BCUT2D eigenvalue weighted by Gasteiger charge is -2.37. The Kier molecular flexibility index (Phi) is 9.14. The number of benzene rings is 1.